The third-order valence-electron chi connectivity index (χ3n) is 4.90. The standard InChI is InChI=1S/C18H22N4O/c23-18(13-21-10-11-22-9-8-19-17(22)12-21)20-16-7-3-5-14-4-1-2-6-15(14)16/h1-2,4,6,8-9,16H,3,5,7,10-13H2,(H,20,23)/t16-/m1/s1. The van der Waals surface area contributed by atoms with Crippen molar-refractivity contribution >= 4 is 5.91 Å². The van der Waals surface area contributed by atoms with Gasteiger partial charge < -0.3 is 9.88 Å². The van der Waals surface area contributed by atoms with Gasteiger partial charge in [0, 0.05) is 25.5 Å². The van der Waals surface area contributed by atoms with Crippen LogP contribution >= 0.6 is 0 Å². The Labute approximate surface area is 136 Å². The molecular weight excluding hydrogens is 288 g/mol. The summed E-state index contributed by atoms with van der Waals surface area (Å²) in [5.41, 5.74) is 2.67. The number of imidazole rings is 1. The molecule has 4 rings (SSSR count). The Bertz CT molecular complexity index is 709. The largest absolute Gasteiger partial charge is 0.348 e. The fraction of sp³-hybridized carbons (Fsp3) is 0.444. The molecule has 0 bridgehead atoms. The fourth-order valence-electron chi connectivity index (χ4n) is 3.71. The summed E-state index contributed by atoms with van der Waals surface area (Å²) in [5.74, 6) is 1.17. The van der Waals surface area contributed by atoms with Crippen LogP contribution in [0.4, 0.5) is 0 Å². The molecule has 2 aliphatic rings. The Balaban J connectivity index is 1.38. The zero-order valence-corrected chi connectivity index (χ0v) is 13.2. The van der Waals surface area contributed by atoms with E-state index >= 15 is 0 Å². The second kappa shape index (κ2) is 6.16. The van der Waals surface area contributed by atoms with E-state index in [9.17, 15) is 4.79 Å². The molecule has 1 atom stereocenters. The van der Waals surface area contributed by atoms with Crippen molar-refractivity contribution in [2.45, 2.75) is 38.4 Å². The number of benzene rings is 1. The number of hydrogen-bond donors (Lipinski definition) is 1. The first kappa shape index (κ1) is 14.5. The highest BCUT2D eigenvalue weighted by molar-refractivity contribution is 5.78. The lowest BCUT2D eigenvalue weighted by Crippen LogP contribution is -2.42. The molecule has 0 saturated carbocycles. The first-order chi connectivity index (χ1) is 11.3. The lowest BCUT2D eigenvalue weighted by molar-refractivity contribution is -0.123. The van der Waals surface area contributed by atoms with Crippen LogP contribution in [0.2, 0.25) is 0 Å². The summed E-state index contributed by atoms with van der Waals surface area (Å²) >= 11 is 0. The van der Waals surface area contributed by atoms with Crippen LogP contribution in [-0.4, -0.2) is 33.4 Å². The van der Waals surface area contributed by atoms with Crippen LogP contribution in [0.25, 0.3) is 0 Å². The molecule has 1 amide bonds. The van der Waals surface area contributed by atoms with Crippen LogP contribution in [0.1, 0.15) is 35.8 Å². The molecule has 1 aliphatic heterocycles. The summed E-state index contributed by atoms with van der Waals surface area (Å²) in [5, 5.41) is 3.23. The van der Waals surface area contributed by atoms with Gasteiger partial charge in [-0.25, -0.2) is 4.98 Å². The molecule has 1 N–H and O–H groups in total. The van der Waals surface area contributed by atoms with Gasteiger partial charge in [-0.1, -0.05) is 24.3 Å². The molecule has 2 heterocycles. The van der Waals surface area contributed by atoms with Crippen molar-refractivity contribution in [2.24, 2.45) is 0 Å². The molecule has 5 nitrogen and oxygen atoms in total. The number of carbonyl (C=O) groups is 1. The van der Waals surface area contributed by atoms with E-state index in [1.165, 1.54) is 11.1 Å². The predicted octanol–water partition coefficient (Wildman–Crippen LogP) is 1.89. The zero-order valence-electron chi connectivity index (χ0n) is 13.2. The van der Waals surface area contributed by atoms with Crippen LogP contribution in [0, 0.1) is 0 Å². The summed E-state index contributed by atoms with van der Waals surface area (Å²) in [4.78, 5) is 19.0. The zero-order chi connectivity index (χ0) is 15.6. The molecule has 0 radical (unpaired) electrons. The molecule has 23 heavy (non-hydrogen) atoms. The van der Waals surface area contributed by atoms with Gasteiger partial charge in [0.1, 0.15) is 5.82 Å². The van der Waals surface area contributed by atoms with E-state index < -0.39 is 0 Å². The second-order valence-corrected chi connectivity index (χ2v) is 6.46. The number of nitrogens with one attached hydrogen (secondary N) is 1. The minimum Gasteiger partial charge on any atom is -0.348 e. The number of aromatic nitrogens is 2. The van der Waals surface area contributed by atoms with E-state index in [1.54, 1.807) is 0 Å². The monoisotopic (exact) mass is 310 g/mol. The highest BCUT2D eigenvalue weighted by atomic mass is 16.2. The maximum absolute atomic E-state index is 12.5. The molecule has 2 aromatic rings. The summed E-state index contributed by atoms with van der Waals surface area (Å²) in [6.45, 7) is 3.01. The first-order valence-electron chi connectivity index (χ1n) is 8.39. The van der Waals surface area contributed by atoms with Gasteiger partial charge >= 0.3 is 0 Å². The average Bonchev–Trinajstić information content (AvgIpc) is 3.03. The van der Waals surface area contributed by atoms with Crippen molar-refractivity contribution in [3.8, 4) is 0 Å². The number of fused-ring (bicyclic) bond motifs is 2. The molecule has 5 heteroatoms. The van der Waals surface area contributed by atoms with Gasteiger partial charge in [-0.3, -0.25) is 9.69 Å². The maximum atomic E-state index is 12.5. The third-order valence-corrected chi connectivity index (χ3v) is 4.90. The van der Waals surface area contributed by atoms with E-state index in [1.807, 2.05) is 12.4 Å². The number of hydrogen-bond acceptors (Lipinski definition) is 3. The van der Waals surface area contributed by atoms with Crippen molar-refractivity contribution in [1.82, 2.24) is 19.8 Å². The van der Waals surface area contributed by atoms with Crippen molar-refractivity contribution in [3.05, 3.63) is 53.6 Å². The molecule has 0 saturated heterocycles. The van der Waals surface area contributed by atoms with Crippen molar-refractivity contribution in [3.63, 3.8) is 0 Å². The minimum absolute atomic E-state index is 0.117. The number of rotatable bonds is 3. The smallest absolute Gasteiger partial charge is 0.234 e. The van der Waals surface area contributed by atoms with E-state index in [0.717, 1.165) is 44.7 Å². The highest BCUT2D eigenvalue weighted by Crippen LogP contribution is 2.29. The summed E-state index contributed by atoms with van der Waals surface area (Å²) in [6, 6.07) is 8.64. The molecule has 0 fully saturated rings. The van der Waals surface area contributed by atoms with Gasteiger partial charge in [-0.2, -0.15) is 0 Å². The van der Waals surface area contributed by atoms with E-state index in [4.69, 9.17) is 0 Å². The first-order valence-corrected chi connectivity index (χ1v) is 8.39. The Morgan fingerprint density at radius 1 is 1.30 bits per heavy atom. The van der Waals surface area contributed by atoms with Gasteiger partial charge in [-0.15, -0.1) is 0 Å². The van der Waals surface area contributed by atoms with Gasteiger partial charge in [0.05, 0.1) is 19.1 Å². The van der Waals surface area contributed by atoms with Crippen LogP contribution in [-0.2, 0) is 24.3 Å². The molecule has 0 unspecified atom stereocenters. The normalized spacial score (nSPS) is 20.6. The minimum atomic E-state index is 0.117. The lowest BCUT2D eigenvalue weighted by atomic mass is 9.88. The third kappa shape index (κ3) is 3.01. The quantitative estimate of drug-likeness (QED) is 0.942. The van der Waals surface area contributed by atoms with Gasteiger partial charge in [0.15, 0.2) is 0 Å². The molecule has 1 aromatic carbocycles. The molecule has 0 spiro atoms. The topological polar surface area (TPSA) is 50.2 Å². The number of amides is 1. The number of nitrogens with zero attached hydrogens (tertiary/aromatic N) is 3. The molecule has 1 aromatic heterocycles. The summed E-state index contributed by atoms with van der Waals surface area (Å²) < 4.78 is 2.16. The molecule has 120 valence electrons. The van der Waals surface area contributed by atoms with E-state index in [0.29, 0.717) is 6.54 Å². The van der Waals surface area contributed by atoms with Crippen LogP contribution in [0.15, 0.2) is 36.7 Å². The second-order valence-electron chi connectivity index (χ2n) is 6.46. The molecular formula is C18H22N4O. The molecule has 1 aliphatic carbocycles. The SMILES string of the molecule is O=C(CN1CCn2ccnc2C1)N[C@@H]1CCCc2ccccc21. The predicted molar refractivity (Wildman–Crippen MR) is 87.8 cm³/mol. The van der Waals surface area contributed by atoms with Crippen LogP contribution in [0.5, 0.6) is 0 Å². The highest BCUT2D eigenvalue weighted by Gasteiger charge is 2.23. The van der Waals surface area contributed by atoms with Gasteiger partial charge in [0.2, 0.25) is 5.91 Å². The van der Waals surface area contributed by atoms with Gasteiger partial charge in [0.25, 0.3) is 0 Å². The Morgan fingerprint density at radius 3 is 3.17 bits per heavy atom. The number of carbonyl (C=O) groups excluding carboxylic acids is 1. The number of aryl methyl sites for hydroxylation is 1. The van der Waals surface area contributed by atoms with Crippen molar-refractivity contribution in [2.75, 3.05) is 13.1 Å². The Hall–Kier alpha value is -2.14. The van der Waals surface area contributed by atoms with E-state index in [-0.39, 0.29) is 11.9 Å². The van der Waals surface area contributed by atoms with Gasteiger partial charge in [-0.05, 0) is 30.4 Å². The van der Waals surface area contributed by atoms with Crippen LogP contribution in [0.3, 0.4) is 0 Å². The van der Waals surface area contributed by atoms with Crippen molar-refractivity contribution < 1.29 is 4.79 Å². The summed E-state index contributed by atoms with van der Waals surface area (Å²) in [6.07, 6.45) is 7.14. The maximum Gasteiger partial charge on any atom is 0.234 e. The Morgan fingerprint density at radius 2 is 2.22 bits per heavy atom. The van der Waals surface area contributed by atoms with Crippen LogP contribution < -0.4 is 5.32 Å². The Kier molecular flexibility index (Phi) is 3.87. The van der Waals surface area contributed by atoms with E-state index in [2.05, 4.69) is 44.0 Å². The lowest BCUT2D eigenvalue weighted by Gasteiger charge is -2.29. The fourth-order valence-corrected chi connectivity index (χ4v) is 3.71. The van der Waals surface area contributed by atoms with Crippen molar-refractivity contribution in [1.29, 1.82) is 0 Å². The average molecular weight is 310 g/mol. The summed E-state index contributed by atoms with van der Waals surface area (Å²) in [7, 11) is 0.